The Kier molecular flexibility index (Phi) is 4.87. The van der Waals surface area contributed by atoms with Crippen LogP contribution in [0.15, 0.2) is 16.7 Å². The molecule has 2 heteroatoms. The molecule has 1 aliphatic carbocycles. The third-order valence-electron chi connectivity index (χ3n) is 4.67. The molecule has 1 aliphatic rings. The lowest BCUT2D eigenvalue weighted by Crippen LogP contribution is -2.32. The van der Waals surface area contributed by atoms with Crippen LogP contribution in [0.2, 0.25) is 0 Å². The highest BCUT2D eigenvalue weighted by Crippen LogP contribution is 2.41. The Balaban J connectivity index is 2.21. The molecule has 0 aromatic carbocycles. The second kappa shape index (κ2) is 6.42. The maximum Gasteiger partial charge on any atom is 0.108 e. The Morgan fingerprint density at radius 1 is 1.33 bits per heavy atom. The lowest BCUT2D eigenvalue weighted by atomic mass is 9.72. The van der Waals surface area contributed by atoms with E-state index in [2.05, 4.69) is 32.3 Å². The van der Waals surface area contributed by atoms with E-state index in [0.717, 1.165) is 24.0 Å². The quantitative estimate of drug-likeness (QED) is 0.840. The summed E-state index contributed by atoms with van der Waals surface area (Å²) in [6, 6.07) is 2.64. The van der Waals surface area contributed by atoms with Crippen molar-refractivity contribution >= 4 is 0 Å². The van der Waals surface area contributed by atoms with E-state index in [1.54, 1.807) is 0 Å². The largest absolute Gasteiger partial charge is 0.469 e. The predicted molar refractivity (Wildman–Crippen MR) is 75.6 cm³/mol. The third-order valence-corrected chi connectivity index (χ3v) is 4.67. The minimum atomic E-state index is 0.476. The Morgan fingerprint density at radius 3 is 2.78 bits per heavy atom. The lowest BCUT2D eigenvalue weighted by molar-refractivity contribution is 0.179. The summed E-state index contributed by atoms with van der Waals surface area (Å²) in [5.41, 5.74) is 1.39. The van der Waals surface area contributed by atoms with Crippen molar-refractivity contribution in [3.05, 3.63) is 23.7 Å². The van der Waals surface area contributed by atoms with Crippen LogP contribution in [0.4, 0.5) is 0 Å². The topological polar surface area (TPSA) is 25.2 Å². The van der Waals surface area contributed by atoms with E-state index >= 15 is 0 Å². The van der Waals surface area contributed by atoms with Gasteiger partial charge in [-0.05, 0) is 31.4 Å². The van der Waals surface area contributed by atoms with Crippen LogP contribution in [0.25, 0.3) is 0 Å². The Bertz CT molecular complexity index is 358. The standard InChI is InChI=1S/C16H27NO/c1-4-12-8-6-7-9-13(12)16(17-3)14-10-11-18-15(14)5-2/h10-13,16-17H,4-9H2,1-3H3. The van der Waals surface area contributed by atoms with Crippen LogP contribution in [0.1, 0.15) is 63.3 Å². The van der Waals surface area contributed by atoms with Crippen molar-refractivity contribution in [1.82, 2.24) is 5.32 Å². The normalized spacial score (nSPS) is 26.2. The second-order valence-corrected chi connectivity index (χ2v) is 5.54. The number of hydrogen-bond donors (Lipinski definition) is 1. The second-order valence-electron chi connectivity index (χ2n) is 5.54. The van der Waals surface area contributed by atoms with Crippen LogP contribution >= 0.6 is 0 Å². The van der Waals surface area contributed by atoms with Gasteiger partial charge in [0.2, 0.25) is 0 Å². The van der Waals surface area contributed by atoms with Gasteiger partial charge in [0.15, 0.2) is 0 Å². The summed E-state index contributed by atoms with van der Waals surface area (Å²) in [7, 11) is 2.10. The van der Waals surface area contributed by atoms with Gasteiger partial charge in [-0.3, -0.25) is 0 Å². The van der Waals surface area contributed by atoms with E-state index < -0.39 is 0 Å². The molecule has 2 rings (SSSR count). The van der Waals surface area contributed by atoms with Crippen molar-refractivity contribution < 1.29 is 4.42 Å². The van der Waals surface area contributed by atoms with Crippen molar-refractivity contribution in [1.29, 1.82) is 0 Å². The van der Waals surface area contributed by atoms with E-state index in [9.17, 15) is 0 Å². The summed E-state index contributed by atoms with van der Waals surface area (Å²) < 4.78 is 5.62. The summed E-state index contributed by atoms with van der Waals surface area (Å²) in [4.78, 5) is 0. The van der Waals surface area contributed by atoms with Crippen molar-refractivity contribution in [2.45, 2.75) is 58.4 Å². The summed E-state index contributed by atoms with van der Waals surface area (Å²) in [5.74, 6) is 2.81. The van der Waals surface area contributed by atoms with Crippen molar-refractivity contribution in [2.24, 2.45) is 11.8 Å². The zero-order valence-corrected chi connectivity index (χ0v) is 12.0. The molecule has 102 valence electrons. The predicted octanol–water partition coefficient (Wildman–Crippen LogP) is 4.32. The molecule has 2 nitrogen and oxygen atoms in total. The molecular weight excluding hydrogens is 222 g/mol. The zero-order chi connectivity index (χ0) is 13.0. The average Bonchev–Trinajstić information content (AvgIpc) is 2.88. The SMILES string of the molecule is CCc1occc1C(NC)C1CCCCC1CC. The van der Waals surface area contributed by atoms with E-state index in [4.69, 9.17) is 4.42 Å². The first-order valence-electron chi connectivity index (χ1n) is 7.55. The Hall–Kier alpha value is -0.760. The van der Waals surface area contributed by atoms with E-state index in [1.807, 2.05) is 6.26 Å². The van der Waals surface area contributed by atoms with Gasteiger partial charge in [-0.2, -0.15) is 0 Å². The highest BCUT2D eigenvalue weighted by Gasteiger charge is 2.32. The Labute approximate surface area is 111 Å². The molecule has 0 amide bonds. The highest BCUT2D eigenvalue weighted by atomic mass is 16.3. The van der Waals surface area contributed by atoms with Crippen LogP contribution in [0, 0.1) is 11.8 Å². The van der Waals surface area contributed by atoms with Gasteiger partial charge < -0.3 is 9.73 Å². The Morgan fingerprint density at radius 2 is 2.11 bits per heavy atom. The summed E-state index contributed by atoms with van der Waals surface area (Å²) in [6.45, 7) is 4.51. The summed E-state index contributed by atoms with van der Waals surface area (Å²) in [5, 5.41) is 3.55. The van der Waals surface area contributed by atoms with Gasteiger partial charge in [-0.1, -0.05) is 39.5 Å². The molecule has 3 unspecified atom stereocenters. The summed E-state index contributed by atoms with van der Waals surface area (Å²) in [6.07, 6.45) is 9.71. The zero-order valence-electron chi connectivity index (χ0n) is 12.0. The van der Waals surface area contributed by atoms with E-state index in [1.165, 1.54) is 37.7 Å². The fourth-order valence-corrected chi connectivity index (χ4v) is 3.70. The maximum absolute atomic E-state index is 5.62. The number of nitrogens with one attached hydrogen (secondary N) is 1. The minimum absolute atomic E-state index is 0.476. The molecule has 3 atom stereocenters. The third kappa shape index (κ3) is 2.64. The maximum atomic E-state index is 5.62. The number of hydrogen-bond acceptors (Lipinski definition) is 2. The number of aryl methyl sites for hydroxylation is 1. The molecule has 1 aromatic heterocycles. The van der Waals surface area contributed by atoms with Crippen molar-refractivity contribution in [2.75, 3.05) is 7.05 Å². The monoisotopic (exact) mass is 249 g/mol. The molecule has 1 N–H and O–H groups in total. The number of rotatable bonds is 5. The molecule has 1 heterocycles. The molecule has 0 radical (unpaired) electrons. The smallest absolute Gasteiger partial charge is 0.108 e. The molecule has 0 bridgehead atoms. The first-order chi connectivity index (χ1) is 8.81. The molecule has 0 aliphatic heterocycles. The van der Waals surface area contributed by atoms with Crippen LogP contribution in [-0.4, -0.2) is 7.05 Å². The van der Waals surface area contributed by atoms with Gasteiger partial charge in [0.1, 0.15) is 5.76 Å². The molecule has 1 saturated carbocycles. The van der Waals surface area contributed by atoms with Crippen LogP contribution in [0.5, 0.6) is 0 Å². The van der Waals surface area contributed by atoms with Gasteiger partial charge in [0.25, 0.3) is 0 Å². The van der Waals surface area contributed by atoms with Gasteiger partial charge >= 0.3 is 0 Å². The first-order valence-corrected chi connectivity index (χ1v) is 7.55. The van der Waals surface area contributed by atoms with Crippen LogP contribution < -0.4 is 5.32 Å². The fourth-order valence-electron chi connectivity index (χ4n) is 3.70. The van der Waals surface area contributed by atoms with E-state index in [0.29, 0.717) is 6.04 Å². The average molecular weight is 249 g/mol. The molecule has 0 spiro atoms. The van der Waals surface area contributed by atoms with Crippen LogP contribution in [-0.2, 0) is 6.42 Å². The number of furan rings is 1. The van der Waals surface area contributed by atoms with Gasteiger partial charge in [-0.25, -0.2) is 0 Å². The first kappa shape index (κ1) is 13.7. The van der Waals surface area contributed by atoms with Gasteiger partial charge in [-0.15, -0.1) is 0 Å². The highest BCUT2D eigenvalue weighted by molar-refractivity contribution is 5.22. The van der Waals surface area contributed by atoms with Crippen LogP contribution in [0.3, 0.4) is 0 Å². The minimum Gasteiger partial charge on any atom is -0.469 e. The molecule has 18 heavy (non-hydrogen) atoms. The molecule has 1 aromatic rings. The van der Waals surface area contributed by atoms with Crippen molar-refractivity contribution in [3.63, 3.8) is 0 Å². The summed E-state index contributed by atoms with van der Waals surface area (Å²) >= 11 is 0. The van der Waals surface area contributed by atoms with Gasteiger partial charge in [0.05, 0.1) is 6.26 Å². The molecule has 0 saturated heterocycles. The van der Waals surface area contributed by atoms with Gasteiger partial charge in [0, 0.05) is 18.0 Å². The van der Waals surface area contributed by atoms with Crippen molar-refractivity contribution in [3.8, 4) is 0 Å². The molecular formula is C16H27NO. The molecule has 1 fully saturated rings. The van der Waals surface area contributed by atoms with E-state index in [-0.39, 0.29) is 0 Å². The lowest BCUT2D eigenvalue weighted by Gasteiger charge is -2.36. The fraction of sp³-hybridized carbons (Fsp3) is 0.750.